The van der Waals surface area contributed by atoms with E-state index in [-0.39, 0.29) is 11.7 Å². The molecule has 1 saturated carbocycles. The van der Waals surface area contributed by atoms with Crippen LogP contribution in [0.2, 0.25) is 0 Å². The molecule has 2 aromatic heterocycles. The van der Waals surface area contributed by atoms with Gasteiger partial charge in [-0.1, -0.05) is 5.21 Å². The highest BCUT2D eigenvalue weighted by atomic mass is 16.4. The molecular weight excluding hydrogens is 260 g/mol. The van der Waals surface area contributed by atoms with Crippen molar-refractivity contribution in [2.75, 3.05) is 0 Å². The van der Waals surface area contributed by atoms with Crippen LogP contribution in [0.3, 0.4) is 0 Å². The van der Waals surface area contributed by atoms with Crippen molar-refractivity contribution < 1.29 is 15.0 Å². The Labute approximate surface area is 114 Å². The van der Waals surface area contributed by atoms with Gasteiger partial charge in [-0.25, -0.2) is 9.48 Å². The molecule has 0 aromatic carbocycles. The number of carboxylic acid groups (broad SMARTS) is 1. The van der Waals surface area contributed by atoms with Crippen molar-refractivity contribution in [1.82, 2.24) is 20.0 Å². The minimum atomic E-state index is -1.13. The molecule has 2 aromatic rings. The molecule has 104 valence electrons. The molecule has 0 radical (unpaired) electrons. The molecule has 2 heterocycles. The van der Waals surface area contributed by atoms with Crippen LogP contribution in [0.5, 0.6) is 0 Å². The molecule has 0 spiro atoms. The second-order valence-corrected chi connectivity index (χ2v) is 4.84. The van der Waals surface area contributed by atoms with E-state index >= 15 is 0 Å². The molecule has 1 aliphatic rings. The van der Waals surface area contributed by atoms with Gasteiger partial charge in [-0.3, -0.25) is 4.98 Å². The standard InChI is InChI=1S/C13H14N4O3/c18-10-3-1-2-9(10)17-12(8-4-6-14-7-5-8)11(13(19)20)15-16-17/h4-7,9-10,18H,1-3H2,(H,19,20). The fourth-order valence-electron chi connectivity index (χ4n) is 2.65. The second-order valence-electron chi connectivity index (χ2n) is 4.84. The number of aliphatic hydroxyl groups is 1. The quantitative estimate of drug-likeness (QED) is 0.869. The molecule has 2 unspecified atom stereocenters. The predicted octanol–water partition coefficient (Wildman–Crippen LogP) is 1.12. The summed E-state index contributed by atoms with van der Waals surface area (Å²) in [7, 11) is 0. The Morgan fingerprint density at radius 3 is 2.65 bits per heavy atom. The highest BCUT2D eigenvalue weighted by molar-refractivity contribution is 5.92. The molecule has 20 heavy (non-hydrogen) atoms. The average Bonchev–Trinajstić information content (AvgIpc) is 3.05. The number of nitrogens with zero attached hydrogens (tertiary/aromatic N) is 4. The zero-order valence-electron chi connectivity index (χ0n) is 10.7. The van der Waals surface area contributed by atoms with Crippen molar-refractivity contribution in [3.8, 4) is 11.3 Å². The van der Waals surface area contributed by atoms with E-state index < -0.39 is 12.1 Å². The van der Waals surface area contributed by atoms with E-state index in [1.807, 2.05) is 0 Å². The number of hydrogen-bond donors (Lipinski definition) is 2. The number of aliphatic hydroxyl groups excluding tert-OH is 1. The van der Waals surface area contributed by atoms with Crippen LogP contribution < -0.4 is 0 Å². The van der Waals surface area contributed by atoms with Crippen molar-refractivity contribution in [2.24, 2.45) is 0 Å². The van der Waals surface area contributed by atoms with E-state index in [9.17, 15) is 15.0 Å². The van der Waals surface area contributed by atoms with E-state index in [0.29, 0.717) is 17.7 Å². The van der Waals surface area contributed by atoms with Crippen LogP contribution in [0, 0.1) is 0 Å². The van der Waals surface area contributed by atoms with Crippen LogP contribution in [0.15, 0.2) is 24.5 Å². The molecule has 7 heteroatoms. The molecule has 0 saturated heterocycles. The van der Waals surface area contributed by atoms with Gasteiger partial charge < -0.3 is 10.2 Å². The normalized spacial score (nSPS) is 22.1. The van der Waals surface area contributed by atoms with E-state index in [4.69, 9.17) is 0 Å². The molecule has 2 atom stereocenters. The van der Waals surface area contributed by atoms with Crippen LogP contribution >= 0.6 is 0 Å². The van der Waals surface area contributed by atoms with Gasteiger partial charge in [0, 0.05) is 18.0 Å². The Morgan fingerprint density at radius 2 is 2.05 bits per heavy atom. The van der Waals surface area contributed by atoms with Crippen LogP contribution in [0.4, 0.5) is 0 Å². The highest BCUT2D eigenvalue weighted by Gasteiger charge is 2.32. The van der Waals surface area contributed by atoms with Crippen molar-refractivity contribution >= 4 is 5.97 Å². The topological polar surface area (TPSA) is 101 Å². The van der Waals surface area contributed by atoms with Gasteiger partial charge in [-0.15, -0.1) is 5.10 Å². The predicted molar refractivity (Wildman–Crippen MR) is 69.1 cm³/mol. The van der Waals surface area contributed by atoms with Crippen molar-refractivity contribution in [2.45, 2.75) is 31.4 Å². The molecule has 0 amide bonds. The Kier molecular flexibility index (Phi) is 3.19. The Bertz CT molecular complexity index is 626. The summed E-state index contributed by atoms with van der Waals surface area (Å²) in [5.41, 5.74) is 1.00. The van der Waals surface area contributed by atoms with Crippen LogP contribution in [-0.4, -0.2) is 42.3 Å². The first-order valence-electron chi connectivity index (χ1n) is 6.45. The van der Waals surface area contributed by atoms with Crippen LogP contribution in [-0.2, 0) is 0 Å². The van der Waals surface area contributed by atoms with Gasteiger partial charge in [-0.05, 0) is 31.4 Å². The summed E-state index contributed by atoms with van der Waals surface area (Å²) in [6.07, 6.45) is 5.01. The van der Waals surface area contributed by atoms with E-state index in [0.717, 1.165) is 12.8 Å². The lowest BCUT2D eigenvalue weighted by molar-refractivity contribution is 0.0691. The van der Waals surface area contributed by atoms with E-state index in [1.54, 1.807) is 24.5 Å². The Balaban J connectivity index is 2.14. The summed E-state index contributed by atoms with van der Waals surface area (Å²) >= 11 is 0. The largest absolute Gasteiger partial charge is 0.476 e. The third-order valence-corrected chi connectivity index (χ3v) is 3.61. The fourth-order valence-corrected chi connectivity index (χ4v) is 2.65. The van der Waals surface area contributed by atoms with Gasteiger partial charge in [0.25, 0.3) is 0 Å². The molecule has 0 bridgehead atoms. The summed E-state index contributed by atoms with van der Waals surface area (Å²) in [5, 5.41) is 27.0. The minimum Gasteiger partial charge on any atom is -0.476 e. The Morgan fingerprint density at radius 1 is 1.30 bits per heavy atom. The number of rotatable bonds is 3. The first kappa shape index (κ1) is 12.7. The number of aromatic carboxylic acids is 1. The SMILES string of the molecule is O=C(O)c1nnn(C2CCCC2O)c1-c1ccncc1. The number of carbonyl (C=O) groups is 1. The molecule has 2 N–H and O–H groups in total. The number of carboxylic acids is 1. The summed E-state index contributed by atoms with van der Waals surface area (Å²) in [5.74, 6) is -1.13. The first-order chi connectivity index (χ1) is 9.68. The van der Waals surface area contributed by atoms with Gasteiger partial charge in [0.1, 0.15) is 5.69 Å². The lowest BCUT2D eigenvalue weighted by atomic mass is 10.1. The number of hydrogen-bond acceptors (Lipinski definition) is 5. The average molecular weight is 274 g/mol. The van der Waals surface area contributed by atoms with Gasteiger partial charge in [-0.2, -0.15) is 0 Å². The molecular formula is C13H14N4O3. The summed E-state index contributed by atoms with van der Waals surface area (Å²) in [6, 6.07) is 3.20. The molecule has 7 nitrogen and oxygen atoms in total. The summed E-state index contributed by atoms with van der Waals surface area (Å²) in [4.78, 5) is 15.2. The zero-order valence-corrected chi connectivity index (χ0v) is 10.7. The maximum absolute atomic E-state index is 11.3. The lowest BCUT2D eigenvalue weighted by Gasteiger charge is -2.17. The molecule has 0 aliphatic heterocycles. The molecule has 1 fully saturated rings. The third-order valence-electron chi connectivity index (χ3n) is 3.61. The number of aromatic nitrogens is 4. The highest BCUT2D eigenvalue weighted by Crippen LogP contribution is 2.34. The van der Waals surface area contributed by atoms with Crippen LogP contribution in [0.1, 0.15) is 35.8 Å². The van der Waals surface area contributed by atoms with Gasteiger partial charge in [0.2, 0.25) is 0 Å². The summed E-state index contributed by atoms with van der Waals surface area (Å²) < 4.78 is 1.54. The third kappa shape index (κ3) is 2.05. The van der Waals surface area contributed by atoms with Crippen molar-refractivity contribution in [1.29, 1.82) is 0 Å². The van der Waals surface area contributed by atoms with Gasteiger partial charge in [0.05, 0.1) is 12.1 Å². The first-order valence-corrected chi connectivity index (χ1v) is 6.45. The number of pyridine rings is 1. The zero-order chi connectivity index (χ0) is 14.1. The van der Waals surface area contributed by atoms with E-state index in [2.05, 4.69) is 15.3 Å². The molecule has 1 aliphatic carbocycles. The second kappa shape index (κ2) is 5.01. The minimum absolute atomic E-state index is 0.102. The van der Waals surface area contributed by atoms with Crippen molar-refractivity contribution in [3.63, 3.8) is 0 Å². The van der Waals surface area contributed by atoms with E-state index in [1.165, 1.54) is 4.68 Å². The Hall–Kier alpha value is -2.28. The van der Waals surface area contributed by atoms with Crippen molar-refractivity contribution in [3.05, 3.63) is 30.2 Å². The van der Waals surface area contributed by atoms with Gasteiger partial charge in [0.15, 0.2) is 5.69 Å². The molecule has 3 rings (SSSR count). The maximum Gasteiger partial charge on any atom is 0.358 e. The fraction of sp³-hybridized carbons (Fsp3) is 0.385. The monoisotopic (exact) mass is 274 g/mol. The maximum atomic E-state index is 11.3. The summed E-state index contributed by atoms with van der Waals surface area (Å²) in [6.45, 7) is 0. The van der Waals surface area contributed by atoms with Crippen LogP contribution in [0.25, 0.3) is 11.3 Å². The smallest absolute Gasteiger partial charge is 0.358 e. The lowest BCUT2D eigenvalue weighted by Crippen LogP contribution is -2.20. The van der Waals surface area contributed by atoms with Gasteiger partial charge >= 0.3 is 5.97 Å².